The summed E-state index contributed by atoms with van der Waals surface area (Å²) in [6.45, 7) is 5.52. The number of carbonyl (C=O) groups excluding carboxylic acids is 2. The Morgan fingerprint density at radius 1 is 1.19 bits per heavy atom. The number of hydrogen-bond acceptors (Lipinski definition) is 8. The van der Waals surface area contributed by atoms with Gasteiger partial charge in [0, 0.05) is 13.8 Å². The van der Waals surface area contributed by atoms with Crippen LogP contribution in [-0.4, -0.2) is 53.4 Å². The maximum absolute atomic E-state index is 11.1. The van der Waals surface area contributed by atoms with E-state index in [1.54, 1.807) is 13.8 Å². The summed E-state index contributed by atoms with van der Waals surface area (Å²) in [7, 11) is 0. The molecule has 1 aliphatic rings. The van der Waals surface area contributed by atoms with Crippen LogP contribution in [0, 0.1) is 0 Å². The Bertz CT molecular complexity index is 428. The van der Waals surface area contributed by atoms with Gasteiger partial charge in [0.05, 0.1) is 6.10 Å². The molecule has 1 rings (SSSR count). The van der Waals surface area contributed by atoms with E-state index in [0.717, 1.165) is 6.92 Å². The van der Waals surface area contributed by atoms with Crippen LogP contribution in [0.15, 0.2) is 11.5 Å². The maximum Gasteiger partial charge on any atom is 0.303 e. The van der Waals surface area contributed by atoms with Crippen molar-refractivity contribution in [2.75, 3.05) is 6.61 Å². The molecule has 0 saturated heterocycles. The van der Waals surface area contributed by atoms with Gasteiger partial charge >= 0.3 is 11.9 Å². The van der Waals surface area contributed by atoms with Crippen molar-refractivity contribution in [1.82, 2.24) is 0 Å². The average Bonchev–Trinajstić information content (AvgIpc) is 2.35. The molecule has 1 aliphatic heterocycles. The monoisotopic (exact) mass is 304 g/mol. The Morgan fingerprint density at radius 3 is 2.29 bits per heavy atom. The lowest BCUT2D eigenvalue weighted by molar-refractivity contribution is -0.230. The second-order valence-corrected chi connectivity index (χ2v) is 4.79. The van der Waals surface area contributed by atoms with Crippen molar-refractivity contribution in [3.05, 3.63) is 11.5 Å². The van der Waals surface area contributed by atoms with Crippen molar-refractivity contribution in [1.29, 1.82) is 0 Å². The maximum atomic E-state index is 11.1. The number of carbonyl (C=O) groups is 2. The van der Waals surface area contributed by atoms with Crippen LogP contribution in [0.5, 0.6) is 0 Å². The van der Waals surface area contributed by atoms with Gasteiger partial charge in [0.25, 0.3) is 0 Å². The van der Waals surface area contributed by atoms with Crippen LogP contribution in [0.25, 0.3) is 0 Å². The summed E-state index contributed by atoms with van der Waals surface area (Å²) in [5.74, 6) is -2.40. The van der Waals surface area contributed by atoms with Crippen LogP contribution in [0.2, 0.25) is 0 Å². The van der Waals surface area contributed by atoms with Crippen molar-refractivity contribution < 1.29 is 38.7 Å². The molecule has 0 bridgehead atoms. The Balaban J connectivity index is 2.96. The molecule has 0 fully saturated rings. The van der Waals surface area contributed by atoms with E-state index in [-0.39, 0.29) is 12.7 Å². The molecule has 8 nitrogen and oxygen atoms in total. The smallest absolute Gasteiger partial charge is 0.303 e. The van der Waals surface area contributed by atoms with E-state index in [4.69, 9.17) is 18.9 Å². The molecule has 0 saturated carbocycles. The predicted molar refractivity (Wildman–Crippen MR) is 69.4 cm³/mol. The molecule has 0 radical (unpaired) electrons. The van der Waals surface area contributed by atoms with Gasteiger partial charge in [0.15, 0.2) is 17.6 Å². The molecular weight excluding hydrogens is 284 g/mol. The summed E-state index contributed by atoms with van der Waals surface area (Å²) in [5, 5.41) is 19.8. The fraction of sp³-hybridized carbons (Fsp3) is 0.692. The zero-order valence-electron chi connectivity index (χ0n) is 12.4. The van der Waals surface area contributed by atoms with Crippen molar-refractivity contribution in [3.63, 3.8) is 0 Å². The van der Waals surface area contributed by atoms with E-state index < -0.39 is 42.0 Å². The molecule has 0 amide bonds. The molecule has 0 unspecified atom stereocenters. The molecule has 2 N–H and O–H groups in total. The molecule has 3 atom stereocenters. The first kappa shape index (κ1) is 17.3. The van der Waals surface area contributed by atoms with Crippen LogP contribution in [0.1, 0.15) is 27.7 Å². The normalized spacial score (nSPS) is 25.9. The van der Waals surface area contributed by atoms with Crippen LogP contribution in [0.3, 0.4) is 0 Å². The van der Waals surface area contributed by atoms with Gasteiger partial charge in [-0.3, -0.25) is 9.59 Å². The second-order valence-electron chi connectivity index (χ2n) is 4.79. The molecule has 120 valence electrons. The van der Waals surface area contributed by atoms with Gasteiger partial charge in [-0.2, -0.15) is 0 Å². The number of esters is 2. The Kier molecular flexibility index (Phi) is 5.98. The molecule has 0 aromatic carbocycles. The van der Waals surface area contributed by atoms with Crippen LogP contribution < -0.4 is 0 Å². The van der Waals surface area contributed by atoms with Crippen LogP contribution in [0.4, 0.5) is 0 Å². The summed E-state index contributed by atoms with van der Waals surface area (Å²) in [6.07, 6.45) is -3.77. The van der Waals surface area contributed by atoms with E-state index in [0.29, 0.717) is 0 Å². The Morgan fingerprint density at radius 2 is 1.81 bits per heavy atom. The van der Waals surface area contributed by atoms with E-state index in [1.807, 2.05) is 0 Å². The molecule has 0 spiro atoms. The molecule has 1 heterocycles. The minimum atomic E-state index is -1.27. The van der Waals surface area contributed by atoms with Crippen molar-refractivity contribution in [2.45, 2.75) is 52.3 Å². The first-order valence-electron chi connectivity index (χ1n) is 6.45. The summed E-state index contributed by atoms with van der Waals surface area (Å²) in [5.41, 5.74) is 0. The van der Waals surface area contributed by atoms with Gasteiger partial charge < -0.3 is 29.2 Å². The van der Waals surface area contributed by atoms with Crippen molar-refractivity contribution in [3.8, 4) is 0 Å². The largest absolute Gasteiger partial charge is 0.505 e. The highest BCUT2D eigenvalue weighted by atomic mass is 16.7. The van der Waals surface area contributed by atoms with Crippen molar-refractivity contribution >= 4 is 11.9 Å². The Hall–Kier alpha value is -1.80. The SMILES string of the molecule is CC(=O)OC[C@H]1O[C@H](OC(C)C)C(O)=C(O)[C@H]1OC(C)=O. The summed E-state index contributed by atoms with van der Waals surface area (Å²) in [4.78, 5) is 22.0. The van der Waals surface area contributed by atoms with Crippen LogP contribution >= 0.6 is 0 Å². The highest BCUT2D eigenvalue weighted by Gasteiger charge is 2.42. The summed E-state index contributed by atoms with van der Waals surface area (Å²) in [6, 6.07) is 0. The van der Waals surface area contributed by atoms with Gasteiger partial charge in [0.1, 0.15) is 12.7 Å². The summed E-state index contributed by atoms with van der Waals surface area (Å²) >= 11 is 0. The number of aliphatic hydroxyl groups excluding tert-OH is 2. The van der Waals surface area contributed by atoms with Crippen molar-refractivity contribution in [2.24, 2.45) is 0 Å². The van der Waals surface area contributed by atoms with Gasteiger partial charge in [-0.1, -0.05) is 0 Å². The van der Waals surface area contributed by atoms with Gasteiger partial charge in [-0.05, 0) is 13.8 Å². The third-order valence-corrected chi connectivity index (χ3v) is 2.53. The minimum Gasteiger partial charge on any atom is -0.505 e. The molecule has 0 aromatic heterocycles. The zero-order chi connectivity index (χ0) is 16.2. The molecule has 21 heavy (non-hydrogen) atoms. The van der Waals surface area contributed by atoms with Gasteiger partial charge in [0.2, 0.25) is 6.29 Å². The van der Waals surface area contributed by atoms with Gasteiger partial charge in [-0.25, -0.2) is 0 Å². The molecule has 0 aromatic rings. The highest BCUT2D eigenvalue weighted by molar-refractivity contribution is 5.67. The topological polar surface area (TPSA) is 112 Å². The second kappa shape index (κ2) is 7.28. The van der Waals surface area contributed by atoms with Crippen LogP contribution in [-0.2, 0) is 28.5 Å². The number of hydrogen-bond donors (Lipinski definition) is 2. The number of ether oxygens (including phenoxy) is 4. The van der Waals surface area contributed by atoms with E-state index in [2.05, 4.69) is 0 Å². The molecular formula is C13H20O8. The average molecular weight is 304 g/mol. The first-order valence-corrected chi connectivity index (χ1v) is 6.45. The quantitative estimate of drug-likeness (QED) is 0.722. The fourth-order valence-corrected chi connectivity index (χ4v) is 1.72. The van der Waals surface area contributed by atoms with Gasteiger partial charge in [-0.15, -0.1) is 0 Å². The lowest BCUT2D eigenvalue weighted by Crippen LogP contribution is -2.47. The molecule has 0 aliphatic carbocycles. The van der Waals surface area contributed by atoms with E-state index in [9.17, 15) is 19.8 Å². The number of aliphatic hydroxyl groups is 2. The third kappa shape index (κ3) is 4.91. The predicted octanol–water partition coefficient (Wildman–Crippen LogP) is 0.959. The fourth-order valence-electron chi connectivity index (χ4n) is 1.72. The minimum absolute atomic E-state index is 0.261. The molecule has 8 heteroatoms. The lowest BCUT2D eigenvalue weighted by atomic mass is 10.1. The van der Waals surface area contributed by atoms with E-state index >= 15 is 0 Å². The standard InChI is InChI=1S/C13H20O8/c1-6(2)19-13-11(17)10(16)12(20-8(4)15)9(21-13)5-18-7(3)14/h6,9,12-13,16-17H,5H2,1-4H3/t9-,12+,13+/m1/s1. The summed E-state index contributed by atoms with van der Waals surface area (Å²) < 4.78 is 20.4. The zero-order valence-corrected chi connectivity index (χ0v) is 12.4. The Labute approximate surface area is 122 Å². The first-order chi connectivity index (χ1) is 9.72. The lowest BCUT2D eigenvalue weighted by Gasteiger charge is -2.34. The third-order valence-electron chi connectivity index (χ3n) is 2.53. The highest BCUT2D eigenvalue weighted by Crippen LogP contribution is 2.27. The van der Waals surface area contributed by atoms with E-state index in [1.165, 1.54) is 6.92 Å². The number of rotatable bonds is 5.